The highest BCUT2D eigenvalue weighted by Crippen LogP contribution is 2.04. The van der Waals surface area contributed by atoms with Crippen molar-refractivity contribution in [3.63, 3.8) is 0 Å². The summed E-state index contributed by atoms with van der Waals surface area (Å²) in [6, 6.07) is 7.13. The molecule has 4 nitrogen and oxygen atoms in total. The molecule has 0 radical (unpaired) electrons. The van der Waals surface area contributed by atoms with Crippen molar-refractivity contribution in [1.29, 1.82) is 0 Å². The third-order valence-corrected chi connectivity index (χ3v) is 2.39. The molecule has 0 spiro atoms. The van der Waals surface area contributed by atoms with Gasteiger partial charge in [-0.15, -0.1) is 0 Å². The zero-order valence-electron chi connectivity index (χ0n) is 10.1. The van der Waals surface area contributed by atoms with E-state index in [-0.39, 0.29) is 5.56 Å². The number of hydrogen-bond donors (Lipinski definition) is 0. The van der Waals surface area contributed by atoms with Crippen LogP contribution in [0, 0.1) is 20.8 Å². The molecular weight excluding hydrogens is 216 g/mol. The van der Waals surface area contributed by atoms with Gasteiger partial charge in [-0.2, -0.15) is 5.10 Å². The molecule has 17 heavy (non-hydrogen) atoms. The van der Waals surface area contributed by atoms with Crippen molar-refractivity contribution in [2.75, 3.05) is 0 Å². The molecular formula is C13H14N2O2. The van der Waals surface area contributed by atoms with Crippen LogP contribution in [0.2, 0.25) is 0 Å². The van der Waals surface area contributed by atoms with Crippen LogP contribution in [0.4, 0.5) is 0 Å². The second-order valence-corrected chi connectivity index (χ2v) is 4.02. The minimum Gasteiger partial charge on any atom is -0.460 e. The van der Waals surface area contributed by atoms with Crippen molar-refractivity contribution in [3.05, 3.63) is 57.4 Å². The maximum absolute atomic E-state index is 11.7. The summed E-state index contributed by atoms with van der Waals surface area (Å²) in [5.74, 6) is 1.45. The van der Waals surface area contributed by atoms with Gasteiger partial charge >= 0.3 is 0 Å². The smallest absolute Gasteiger partial charge is 0.271 e. The van der Waals surface area contributed by atoms with Gasteiger partial charge in [0.15, 0.2) is 0 Å². The molecule has 0 unspecified atom stereocenters. The van der Waals surface area contributed by atoms with Gasteiger partial charge in [0.1, 0.15) is 11.5 Å². The third-order valence-electron chi connectivity index (χ3n) is 2.39. The standard InChI is InChI=1S/C13H14N2O2/c1-9-6-10(2)15(13(16)7-9)14-8-12-5-4-11(3)17-12/h4-8H,1-3H3. The first kappa shape index (κ1) is 11.4. The molecule has 0 saturated heterocycles. The van der Waals surface area contributed by atoms with Gasteiger partial charge in [-0.3, -0.25) is 4.79 Å². The fraction of sp³-hybridized carbons (Fsp3) is 0.231. The first-order valence-electron chi connectivity index (χ1n) is 5.37. The van der Waals surface area contributed by atoms with Crippen LogP contribution in [-0.4, -0.2) is 10.9 Å². The Morgan fingerprint density at radius 3 is 2.59 bits per heavy atom. The molecule has 2 heterocycles. The van der Waals surface area contributed by atoms with Gasteiger partial charge in [0.2, 0.25) is 0 Å². The van der Waals surface area contributed by atoms with Gasteiger partial charge in [-0.1, -0.05) is 0 Å². The molecule has 0 aliphatic rings. The van der Waals surface area contributed by atoms with Crippen LogP contribution in [0.3, 0.4) is 0 Å². The van der Waals surface area contributed by atoms with Crippen LogP contribution in [0.1, 0.15) is 22.8 Å². The average Bonchev–Trinajstić information content (AvgIpc) is 2.62. The second-order valence-electron chi connectivity index (χ2n) is 4.02. The molecule has 0 aliphatic carbocycles. The first-order chi connectivity index (χ1) is 8.06. The predicted octanol–water partition coefficient (Wildman–Crippen LogP) is 2.25. The van der Waals surface area contributed by atoms with Gasteiger partial charge < -0.3 is 4.42 Å². The van der Waals surface area contributed by atoms with Crippen LogP contribution < -0.4 is 5.56 Å². The fourth-order valence-corrected chi connectivity index (χ4v) is 1.65. The van der Waals surface area contributed by atoms with Crippen LogP contribution >= 0.6 is 0 Å². The van der Waals surface area contributed by atoms with E-state index < -0.39 is 0 Å². The fourth-order valence-electron chi connectivity index (χ4n) is 1.65. The lowest BCUT2D eigenvalue weighted by Gasteiger charge is -2.03. The lowest BCUT2D eigenvalue weighted by atomic mass is 10.2. The average molecular weight is 230 g/mol. The molecule has 0 fully saturated rings. The van der Waals surface area contributed by atoms with Crippen molar-refractivity contribution in [1.82, 2.24) is 4.68 Å². The molecule has 0 N–H and O–H groups in total. The van der Waals surface area contributed by atoms with Crippen LogP contribution in [-0.2, 0) is 0 Å². The number of aryl methyl sites for hydroxylation is 3. The van der Waals surface area contributed by atoms with Crippen molar-refractivity contribution in [2.45, 2.75) is 20.8 Å². The van der Waals surface area contributed by atoms with Crippen molar-refractivity contribution >= 4 is 6.21 Å². The Labute approximate surface area is 99.2 Å². The normalized spacial score (nSPS) is 11.2. The van der Waals surface area contributed by atoms with Crippen molar-refractivity contribution in [3.8, 4) is 0 Å². The van der Waals surface area contributed by atoms with Crippen molar-refractivity contribution in [2.24, 2.45) is 5.10 Å². The summed E-state index contributed by atoms with van der Waals surface area (Å²) in [5, 5.41) is 4.12. The molecule has 0 atom stereocenters. The largest absolute Gasteiger partial charge is 0.460 e. The van der Waals surface area contributed by atoms with E-state index in [1.165, 1.54) is 10.9 Å². The Balaban J connectivity index is 2.36. The number of pyridine rings is 1. The number of aromatic nitrogens is 1. The topological polar surface area (TPSA) is 47.5 Å². The highest BCUT2D eigenvalue weighted by molar-refractivity contribution is 5.75. The lowest BCUT2D eigenvalue weighted by Crippen LogP contribution is -2.18. The van der Waals surface area contributed by atoms with E-state index in [2.05, 4.69) is 5.10 Å². The molecule has 2 rings (SSSR count). The van der Waals surface area contributed by atoms with Gasteiger partial charge in [-0.05, 0) is 44.5 Å². The Hall–Kier alpha value is -2.10. The molecule has 0 aromatic carbocycles. The SMILES string of the molecule is Cc1cc(C)n(N=Cc2ccc(C)o2)c(=O)c1. The number of rotatable bonds is 2. The van der Waals surface area contributed by atoms with Crippen molar-refractivity contribution < 1.29 is 4.42 Å². The zero-order chi connectivity index (χ0) is 12.4. The summed E-state index contributed by atoms with van der Waals surface area (Å²) >= 11 is 0. The molecule has 0 amide bonds. The Morgan fingerprint density at radius 2 is 2.00 bits per heavy atom. The summed E-state index contributed by atoms with van der Waals surface area (Å²) in [4.78, 5) is 11.7. The van der Waals surface area contributed by atoms with Gasteiger partial charge in [0.25, 0.3) is 5.56 Å². The van der Waals surface area contributed by atoms with E-state index >= 15 is 0 Å². The Kier molecular flexibility index (Phi) is 2.95. The van der Waals surface area contributed by atoms with E-state index in [0.717, 1.165) is 17.0 Å². The summed E-state index contributed by atoms with van der Waals surface area (Å²) in [6.45, 7) is 5.60. The maximum Gasteiger partial charge on any atom is 0.271 e. The Bertz CT molecular complexity index is 621. The minimum absolute atomic E-state index is 0.137. The maximum atomic E-state index is 11.7. The van der Waals surface area contributed by atoms with Crippen LogP contribution in [0.15, 0.2) is 38.6 Å². The molecule has 2 aromatic heterocycles. The molecule has 0 saturated carbocycles. The van der Waals surface area contributed by atoms with Crippen LogP contribution in [0.5, 0.6) is 0 Å². The highest BCUT2D eigenvalue weighted by Gasteiger charge is 2.00. The number of furan rings is 1. The molecule has 0 aliphatic heterocycles. The van der Waals surface area contributed by atoms with E-state index in [4.69, 9.17) is 4.42 Å². The number of nitrogens with zero attached hydrogens (tertiary/aromatic N) is 2. The molecule has 88 valence electrons. The van der Waals surface area contributed by atoms with E-state index in [1.807, 2.05) is 39.0 Å². The number of hydrogen-bond acceptors (Lipinski definition) is 3. The highest BCUT2D eigenvalue weighted by atomic mass is 16.3. The summed E-state index contributed by atoms with van der Waals surface area (Å²) < 4.78 is 6.70. The Morgan fingerprint density at radius 1 is 1.24 bits per heavy atom. The van der Waals surface area contributed by atoms with E-state index in [9.17, 15) is 4.79 Å². The first-order valence-corrected chi connectivity index (χ1v) is 5.37. The van der Waals surface area contributed by atoms with Gasteiger partial charge in [0, 0.05) is 11.8 Å². The van der Waals surface area contributed by atoms with Crippen LogP contribution in [0.25, 0.3) is 0 Å². The lowest BCUT2D eigenvalue weighted by molar-refractivity contribution is 0.527. The quantitative estimate of drug-likeness (QED) is 0.743. The second kappa shape index (κ2) is 4.41. The van der Waals surface area contributed by atoms with Gasteiger partial charge in [-0.25, -0.2) is 4.68 Å². The summed E-state index contributed by atoms with van der Waals surface area (Å²) in [7, 11) is 0. The molecule has 2 aromatic rings. The zero-order valence-corrected chi connectivity index (χ0v) is 10.1. The van der Waals surface area contributed by atoms with E-state index in [0.29, 0.717) is 5.76 Å². The third kappa shape index (κ3) is 2.53. The predicted molar refractivity (Wildman–Crippen MR) is 66.6 cm³/mol. The monoisotopic (exact) mass is 230 g/mol. The molecule has 0 bridgehead atoms. The van der Waals surface area contributed by atoms with E-state index in [1.54, 1.807) is 6.07 Å². The molecule has 4 heteroatoms. The van der Waals surface area contributed by atoms with Gasteiger partial charge in [0.05, 0.1) is 6.21 Å². The summed E-state index contributed by atoms with van der Waals surface area (Å²) in [5.41, 5.74) is 1.60. The summed E-state index contributed by atoms with van der Waals surface area (Å²) in [6.07, 6.45) is 1.54. The minimum atomic E-state index is -0.137.